The molecule has 2 atom stereocenters. The van der Waals surface area contributed by atoms with Gasteiger partial charge in [-0.05, 0) is 36.4 Å². The number of hydrogen-bond donors (Lipinski definition) is 5. The van der Waals surface area contributed by atoms with Gasteiger partial charge in [-0.25, -0.2) is 5.43 Å². The first-order valence-corrected chi connectivity index (χ1v) is 11.9. The monoisotopic (exact) mass is 548 g/mol. The largest absolute Gasteiger partial charge is 0.375 e. The van der Waals surface area contributed by atoms with Crippen molar-refractivity contribution in [3.8, 4) is 0 Å². The molecule has 5 N–H and O–H groups in total. The van der Waals surface area contributed by atoms with Crippen LogP contribution in [0, 0.1) is 0 Å². The minimum atomic E-state index is -2.01. The number of rotatable bonds is 6. The quantitative estimate of drug-likeness (QED) is 0.238. The summed E-state index contributed by atoms with van der Waals surface area (Å²) >= 11 is 3.31. The van der Waals surface area contributed by atoms with Crippen molar-refractivity contribution in [3.63, 3.8) is 0 Å². The van der Waals surface area contributed by atoms with Crippen LogP contribution in [0.1, 0.15) is 34.3 Å². The Labute approximate surface area is 214 Å². The second kappa shape index (κ2) is 8.98. The molecule has 0 saturated heterocycles. The molecule has 182 valence electrons. The van der Waals surface area contributed by atoms with Crippen molar-refractivity contribution >= 4 is 50.7 Å². The molecule has 9 nitrogen and oxygen atoms in total. The van der Waals surface area contributed by atoms with E-state index in [0.29, 0.717) is 28.1 Å². The Morgan fingerprint density at radius 1 is 0.806 bits per heavy atom. The molecule has 0 bridgehead atoms. The van der Waals surface area contributed by atoms with Gasteiger partial charge in [-0.3, -0.25) is 14.4 Å². The van der Waals surface area contributed by atoms with Crippen molar-refractivity contribution in [2.45, 2.75) is 24.0 Å². The van der Waals surface area contributed by atoms with Crippen molar-refractivity contribution in [3.05, 3.63) is 94.0 Å². The SMILES string of the molecule is O=C(NN=C(CC1(O)C(=O)Nc2ccccc21)CC1(O)C(=O)Nc2ccccc21)c1ccc(Br)cc1. The predicted molar refractivity (Wildman–Crippen MR) is 136 cm³/mol. The zero-order valence-electron chi connectivity index (χ0n) is 18.8. The van der Waals surface area contributed by atoms with E-state index in [-0.39, 0.29) is 18.6 Å². The number of halogens is 1. The van der Waals surface area contributed by atoms with E-state index < -0.39 is 28.9 Å². The van der Waals surface area contributed by atoms with Crippen LogP contribution in [0.4, 0.5) is 11.4 Å². The first-order valence-electron chi connectivity index (χ1n) is 11.1. The minimum absolute atomic E-state index is 0.0455. The molecule has 0 fully saturated rings. The van der Waals surface area contributed by atoms with Crippen molar-refractivity contribution in [1.82, 2.24) is 5.43 Å². The normalized spacial score (nSPS) is 21.8. The molecule has 2 aliphatic rings. The zero-order valence-corrected chi connectivity index (χ0v) is 20.4. The molecule has 0 radical (unpaired) electrons. The lowest BCUT2D eigenvalue weighted by Gasteiger charge is -2.26. The third kappa shape index (κ3) is 4.09. The number of aliphatic hydroxyl groups is 2. The van der Waals surface area contributed by atoms with Crippen molar-refractivity contribution in [2.75, 3.05) is 10.6 Å². The highest BCUT2D eigenvalue weighted by atomic mass is 79.9. The van der Waals surface area contributed by atoms with Crippen LogP contribution >= 0.6 is 15.9 Å². The average Bonchev–Trinajstić information content (AvgIpc) is 3.27. The van der Waals surface area contributed by atoms with E-state index in [1.54, 1.807) is 72.8 Å². The van der Waals surface area contributed by atoms with Gasteiger partial charge in [-0.15, -0.1) is 0 Å². The fraction of sp³-hybridized carbons (Fsp3) is 0.154. The molecule has 0 saturated carbocycles. The summed E-state index contributed by atoms with van der Waals surface area (Å²) in [5.41, 5.74) is 0.351. The number of carbonyl (C=O) groups excluding carboxylic acids is 3. The average molecular weight is 549 g/mol. The Kier molecular flexibility index (Phi) is 5.95. The lowest BCUT2D eigenvalue weighted by molar-refractivity contribution is -0.133. The third-order valence-corrected chi connectivity index (χ3v) is 6.86. The fourth-order valence-corrected chi connectivity index (χ4v) is 4.74. The maximum absolute atomic E-state index is 12.8. The molecular formula is C26H21BrN4O5. The summed E-state index contributed by atoms with van der Waals surface area (Å²) in [5, 5.41) is 32.3. The first kappa shape index (κ1) is 23.9. The van der Waals surface area contributed by atoms with Crippen molar-refractivity contribution in [1.29, 1.82) is 0 Å². The summed E-state index contributed by atoms with van der Waals surface area (Å²) in [5.74, 6) is -1.87. The Morgan fingerprint density at radius 3 is 1.78 bits per heavy atom. The summed E-state index contributed by atoms with van der Waals surface area (Å²) in [6.45, 7) is 0. The number of anilines is 2. The Hall–Kier alpha value is -3.86. The van der Waals surface area contributed by atoms with Crippen LogP contribution in [0.25, 0.3) is 0 Å². The number of para-hydroxylation sites is 2. The highest BCUT2D eigenvalue weighted by Gasteiger charge is 2.50. The molecule has 0 aromatic heterocycles. The number of nitrogens with one attached hydrogen (secondary N) is 3. The number of amides is 3. The summed E-state index contributed by atoms with van der Waals surface area (Å²) in [6, 6.07) is 19.9. The Bertz CT molecular complexity index is 1350. The molecule has 2 heterocycles. The van der Waals surface area contributed by atoms with Gasteiger partial charge in [-0.2, -0.15) is 5.10 Å². The minimum Gasteiger partial charge on any atom is -0.375 e. The van der Waals surface area contributed by atoms with Crippen LogP contribution in [0.2, 0.25) is 0 Å². The molecular weight excluding hydrogens is 528 g/mol. The van der Waals surface area contributed by atoms with Crippen LogP contribution in [0.15, 0.2) is 82.4 Å². The molecule has 36 heavy (non-hydrogen) atoms. The number of hydrazone groups is 1. The summed E-state index contributed by atoms with van der Waals surface area (Å²) < 4.78 is 0.796. The van der Waals surface area contributed by atoms with Gasteiger partial charge >= 0.3 is 0 Å². The van der Waals surface area contributed by atoms with Gasteiger partial charge < -0.3 is 20.8 Å². The van der Waals surface area contributed by atoms with E-state index in [1.165, 1.54) is 0 Å². The van der Waals surface area contributed by atoms with E-state index in [4.69, 9.17) is 0 Å². The first-order chi connectivity index (χ1) is 17.2. The van der Waals surface area contributed by atoms with Gasteiger partial charge in [0.05, 0.1) is 0 Å². The molecule has 3 aromatic rings. The van der Waals surface area contributed by atoms with E-state index >= 15 is 0 Å². The van der Waals surface area contributed by atoms with Crippen molar-refractivity contribution in [2.24, 2.45) is 5.10 Å². The highest BCUT2D eigenvalue weighted by Crippen LogP contribution is 2.42. The van der Waals surface area contributed by atoms with Gasteiger partial charge in [0.25, 0.3) is 17.7 Å². The molecule has 5 rings (SSSR count). The molecule has 3 amide bonds. The second-order valence-electron chi connectivity index (χ2n) is 8.70. The maximum atomic E-state index is 12.8. The predicted octanol–water partition coefficient (Wildman–Crippen LogP) is 2.99. The molecule has 10 heteroatoms. The van der Waals surface area contributed by atoms with Crippen LogP contribution in [0.5, 0.6) is 0 Å². The lowest BCUT2D eigenvalue weighted by atomic mass is 9.83. The van der Waals surface area contributed by atoms with E-state index in [1.807, 2.05) is 0 Å². The van der Waals surface area contributed by atoms with E-state index in [9.17, 15) is 24.6 Å². The Balaban J connectivity index is 1.50. The van der Waals surface area contributed by atoms with Crippen LogP contribution in [0.3, 0.4) is 0 Å². The van der Waals surface area contributed by atoms with Gasteiger partial charge in [0.1, 0.15) is 0 Å². The number of nitrogens with zero attached hydrogens (tertiary/aromatic N) is 1. The van der Waals surface area contributed by atoms with Crippen LogP contribution < -0.4 is 16.1 Å². The number of benzene rings is 3. The standard InChI is InChI=1S/C26H21BrN4O5/c27-16-11-9-15(10-12-16)22(32)31-30-17(13-25(35)18-5-1-3-7-20(18)28-23(25)33)14-26(36)19-6-2-4-8-21(19)29-24(26)34/h1-12,35-36H,13-14H2,(H,28,33)(H,29,34)(H,31,32). The van der Waals surface area contributed by atoms with Gasteiger partial charge in [0, 0.05) is 51.1 Å². The third-order valence-electron chi connectivity index (χ3n) is 6.33. The Morgan fingerprint density at radius 2 is 1.28 bits per heavy atom. The summed E-state index contributed by atoms with van der Waals surface area (Å²) in [6.07, 6.45) is -0.734. The number of hydrogen-bond acceptors (Lipinski definition) is 6. The zero-order chi connectivity index (χ0) is 25.5. The van der Waals surface area contributed by atoms with E-state index in [0.717, 1.165) is 4.47 Å². The molecule has 2 unspecified atom stereocenters. The van der Waals surface area contributed by atoms with Gasteiger partial charge in [0.2, 0.25) is 0 Å². The van der Waals surface area contributed by atoms with Crippen LogP contribution in [-0.2, 0) is 20.8 Å². The molecule has 2 aliphatic heterocycles. The topological polar surface area (TPSA) is 140 Å². The van der Waals surface area contributed by atoms with Crippen LogP contribution in [-0.4, -0.2) is 33.6 Å². The van der Waals surface area contributed by atoms with E-state index in [2.05, 4.69) is 37.1 Å². The highest BCUT2D eigenvalue weighted by molar-refractivity contribution is 9.10. The fourth-order valence-electron chi connectivity index (χ4n) is 4.48. The number of carbonyl (C=O) groups is 3. The molecule has 0 spiro atoms. The summed E-state index contributed by atoms with van der Waals surface area (Å²) in [4.78, 5) is 38.3. The summed E-state index contributed by atoms with van der Waals surface area (Å²) in [7, 11) is 0. The second-order valence-corrected chi connectivity index (χ2v) is 9.62. The smallest absolute Gasteiger partial charge is 0.271 e. The maximum Gasteiger partial charge on any atom is 0.271 e. The molecule has 0 aliphatic carbocycles. The molecule has 3 aromatic carbocycles. The van der Waals surface area contributed by atoms with Crippen molar-refractivity contribution < 1.29 is 24.6 Å². The van der Waals surface area contributed by atoms with Gasteiger partial charge in [-0.1, -0.05) is 52.3 Å². The number of fused-ring (bicyclic) bond motifs is 2. The van der Waals surface area contributed by atoms with Gasteiger partial charge in [0.15, 0.2) is 11.2 Å². The lowest BCUT2D eigenvalue weighted by Crippen LogP contribution is -2.41.